The predicted octanol–water partition coefficient (Wildman–Crippen LogP) is 1.27. The molecule has 0 radical (unpaired) electrons. The van der Waals surface area contributed by atoms with Gasteiger partial charge in [0.25, 0.3) is 5.91 Å². The van der Waals surface area contributed by atoms with Crippen molar-refractivity contribution in [3.8, 4) is 0 Å². The molecule has 2 N–H and O–H groups in total. The second kappa shape index (κ2) is 5.11. The molecule has 1 aromatic rings. The molecule has 23 heavy (non-hydrogen) atoms. The first-order chi connectivity index (χ1) is 11.5. The van der Waals surface area contributed by atoms with E-state index >= 15 is 0 Å². The number of aryl methyl sites for hydroxylation is 1. The van der Waals surface area contributed by atoms with Gasteiger partial charge in [-0.15, -0.1) is 0 Å². The maximum Gasteiger partial charge on any atom is 0.253 e. The van der Waals surface area contributed by atoms with Gasteiger partial charge in [0.05, 0.1) is 19.7 Å². The van der Waals surface area contributed by atoms with E-state index in [2.05, 4.69) is 17.2 Å². The molecular formula is C18H21N3O2. The third-order valence-electron chi connectivity index (χ3n) is 5.23. The molecule has 1 aliphatic carbocycles. The van der Waals surface area contributed by atoms with Gasteiger partial charge in [-0.1, -0.05) is 30.8 Å². The molecule has 120 valence electrons. The van der Waals surface area contributed by atoms with Gasteiger partial charge in [0, 0.05) is 6.54 Å². The molecule has 0 aromatic heterocycles. The van der Waals surface area contributed by atoms with Crippen LogP contribution in [0, 0.1) is 0 Å². The molecule has 0 bridgehead atoms. The number of likely N-dealkylation sites (tertiary alicyclic amines) is 1. The van der Waals surface area contributed by atoms with Gasteiger partial charge in [0.1, 0.15) is 5.54 Å². The van der Waals surface area contributed by atoms with Crippen molar-refractivity contribution in [2.24, 2.45) is 0 Å². The Morgan fingerprint density at radius 3 is 3.13 bits per heavy atom. The van der Waals surface area contributed by atoms with Gasteiger partial charge in [0.15, 0.2) is 0 Å². The molecule has 4 rings (SSSR count). The largest absolute Gasteiger partial charge is 0.356 e. The Kier molecular flexibility index (Phi) is 2.93. The zero-order chi connectivity index (χ0) is 16.9. The van der Waals surface area contributed by atoms with Crippen molar-refractivity contribution in [2.75, 3.05) is 13.1 Å². The Hall–Kier alpha value is -2.30. The number of carbonyl (C=O) groups is 2. The van der Waals surface area contributed by atoms with Crippen LogP contribution < -0.4 is 10.6 Å². The van der Waals surface area contributed by atoms with Crippen molar-refractivity contribution in [2.45, 2.75) is 37.1 Å². The summed E-state index contributed by atoms with van der Waals surface area (Å²) in [6, 6.07) is 6.11. The number of hydrogen-bond donors (Lipinski definition) is 2. The van der Waals surface area contributed by atoms with Crippen molar-refractivity contribution in [3.05, 3.63) is 47.8 Å². The third-order valence-corrected chi connectivity index (χ3v) is 5.23. The maximum absolute atomic E-state index is 13.1. The molecule has 5 nitrogen and oxygen atoms in total. The summed E-state index contributed by atoms with van der Waals surface area (Å²) < 4.78 is 8.20. The zero-order valence-electron chi connectivity index (χ0n) is 14.0. The number of nitrogens with one attached hydrogen (secondary N) is 2. The van der Waals surface area contributed by atoms with E-state index in [0.29, 0.717) is 31.4 Å². The van der Waals surface area contributed by atoms with Crippen LogP contribution >= 0.6 is 0 Å². The summed E-state index contributed by atoms with van der Waals surface area (Å²) >= 11 is 0. The molecule has 0 saturated carbocycles. The van der Waals surface area contributed by atoms with Crippen molar-refractivity contribution >= 4 is 11.8 Å². The van der Waals surface area contributed by atoms with E-state index in [4.69, 9.17) is 1.37 Å². The first-order valence-corrected chi connectivity index (χ1v) is 8.16. The Balaban J connectivity index is 1.59. The van der Waals surface area contributed by atoms with Crippen LogP contribution in [-0.4, -0.2) is 35.3 Å². The number of carbonyl (C=O) groups excluding carboxylic acids is 2. The number of amides is 2. The van der Waals surface area contributed by atoms with Crippen LogP contribution in [-0.2, 0) is 16.0 Å². The van der Waals surface area contributed by atoms with Gasteiger partial charge in [0.2, 0.25) is 5.91 Å². The number of hydrogen-bond acceptors (Lipinski definition) is 3. The molecule has 2 aliphatic heterocycles. The first kappa shape index (κ1) is 13.2. The number of benzene rings is 1. The van der Waals surface area contributed by atoms with E-state index in [1.165, 1.54) is 0 Å². The van der Waals surface area contributed by atoms with E-state index in [1.54, 1.807) is 11.0 Å². The highest BCUT2D eigenvalue weighted by atomic mass is 16.2. The minimum atomic E-state index is -0.731. The lowest BCUT2D eigenvalue weighted by molar-refractivity contribution is -0.132. The summed E-state index contributed by atoms with van der Waals surface area (Å²) in [7, 11) is 0. The average Bonchev–Trinajstić information content (AvgIpc) is 3.10. The Bertz CT molecular complexity index is 748. The molecule has 2 unspecified atom stereocenters. The molecule has 2 amide bonds. The van der Waals surface area contributed by atoms with Crippen molar-refractivity contribution < 1.29 is 11.0 Å². The minimum Gasteiger partial charge on any atom is -0.356 e. The lowest BCUT2D eigenvalue weighted by Crippen LogP contribution is -2.49. The molecular weight excluding hydrogens is 290 g/mol. The predicted molar refractivity (Wildman–Crippen MR) is 86.5 cm³/mol. The highest BCUT2D eigenvalue weighted by Gasteiger charge is 2.50. The molecule has 2 saturated heterocycles. The molecule has 2 fully saturated rings. The SMILES string of the molecule is [3H]c1cccc2c1C(C(=O)N1CCC3(C1)NC(=C)NC3=O)CCC2. The zero-order valence-corrected chi connectivity index (χ0v) is 13.0. The maximum atomic E-state index is 13.1. The highest BCUT2D eigenvalue weighted by Crippen LogP contribution is 2.35. The van der Waals surface area contributed by atoms with Crippen molar-refractivity contribution in [3.63, 3.8) is 0 Å². The summed E-state index contributed by atoms with van der Waals surface area (Å²) in [5.74, 6) is 0.184. The van der Waals surface area contributed by atoms with E-state index in [9.17, 15) is 9.59 Å². The van der Waals surface area contributed by atoms with E-state index < -0.39 is 5.54 Å². The van der Waals surface area contributed by atoms with Gasteiger partial charge in [-0.3, -0.25) is 9.59 Å². The van der Waals surface area contributed by atoms with Crippen LogP contribution in [0.25, 0.3) is 0 Å². The summed E-state index contributed by atoms with van der Waals surface area (Å²) in [5.41, 5.74) is 1.26. The van der Waals surface area contributed by atoms with Crippen LogP contribution in [0.3, 0.4) is 0 Å². The van der Waals surface area contributed by atoms with E-state index in [0.717, 1.165) is 30.4 Å². The topological polar surface area (TPSA) is 61.4 Å². The first-order valence-electron chi connectivity index (χ1n) is 8.66. The van der Waals surface area contributed by atoms with Gasteiger partial charge < -0.3 is 15.5 Å². The second-order valence-electron chi connectivity index (χ2n) is 6.70. The van der Waals surface area contributed by atoms with Crippen LogP contribution in [0.2, 0.25) is 0 Å². The highest BCUT2D eigenvalue weighted by molar-refractivity contribution is 5.93. The Morgan fingerprint density at radius 2 is 2.35 bits per heavy atom. The number of nitrogens with zero attached hydrogens (tertiary/aromatic N) is 1. The van der Waals surface area contributed by atoms with Crippen LogP contribution in [0.5, 0.6) is 0 Å². The summed E-state index contributed by atoms with van der Waals surface area (Å²) in [4.78, 5) is 27.1. The molecule has 1 spiro atoms. The van der Waals surface area contributed by atoms with E-state index in [-0.39, 0.29) is 17.7 Å². The third kappa shape index (κ3) is 2.22. The molecule has 3 aliphatic rings. The standard InChI is InChI=1S/C18H21N3O2/c1-12-19-17(23)18(20-12)9-10-21(11-18)16(22)15-8-4-6-13-5-2-3-7-14(13)15/h2-3,5,7,15,20H,1,4,6,8-11H2,(H,19,23)/i7T. The second-order valence-corrected chi connectivity index (χ2v) is 6.70. The molecule has 1 aromatic carbocycles. The van der Waals surface area contributed by atoms with Crippen molar-refractivity contribution in [1.82, 2.24) is 15.5 Å². The summed E-state index contributed by atoms with van der Waals surface area (Å²) in [6.45, 7) is 4.67. The number of rotatable bonds is 1. The fourth-order valence-corrected chi connectivity index (χ4v) is 4.05. The normalized spacial score (nSPS) is 30.0. The summed E-state index contributed by atoms with van der Waals surface area (Å²) in [5, 5.41) is 5.81. The minimum absolute atomic E-state index is 0.0413. The van der Waals surface area contributed by atoms with Crippen molar-refractivity contribution in [1.29, 1.82) is 0 Å². The van der Waals surface area contributed by atoms with Gasteiger partial charge >= 0.3 is 0 Å². The fraction of sp³-hybridized carbons (Fsp3) is 0.444. The quantitative estimate of drug-likeness (QED) is 0.821. The lowest BCUT2D eigenvalue weighted by atomic mass is 9.82. The van der Waals surface area contributed by atoms with E-state index in [1.807, 2.05) is 12.1 Å². The van der Waals surface area contributed by atoms with Crippen LogP contribution in [0.1, 0.15) is 37.7 Å². The Labute approximate surface area is 137 Å². The average molecular weight is 313 g/mol. The summed E-state index contributed by atoms with van der Waals surface area (Å²) in [6.07, 6.45) is 3.25. The van der Waals surface area contributed by atoms with Gasteiger partial charge in [-0.2, -0.15) is 0 Å². The number of fused-ring (bicyclic) bond motifs is 1. The lowest BCUT2D eigenvalue weighted by Gasteiger charge is -2.29. The smallest absolute Gasteiger partial charge is 0.253 e. The molecule has 5 heteroatoms. The fourth-order valence-electron chi connectivity index (χ4n) is 4.05. The monoisotopic (exact) mass is 313 g/mol. The van der Waals surface area contributed by atoms with Gasteiger partial charge in [-0.25, -0.2) is 0 Å². The Morgan fingerprint density at radius 1 is 1.48 bits per heavy atom. The van der Waals surface area contributed by atoms with Crippen LogP contribution in [0.4, 0.5) is 0 Å². The molecule has 2 atom stereocenters. The van der Waals surface area contributed by atoms with Gasteiger partial charge in [-0.05, 0) is 36.8 Å². The van der Waals surface area contributed by atoms with Crippen LogP contribution in [0.15, 0.2) is 36.6 Å². The molecule has 2 heterocycles.